The predicted octanol–water partition coefficient (Wildman–Crippen LogP) is 4.31. The molecular weight excluding hydrogens is 488 g/mol. The number of carboxylic acid groups (broad SMARTS) is 1. The van der Waals surface area contributed by atoms with Crippen LogP contribution in [-0.4, -0.2) is 43.2 Å². The van der Waals surface area contributed by atoms with E-state index in [9.17, 15) is 23.4 Å². The summed E-state index contributed by atoms with van der Waals surface area (Å²) in [6, 6.07) is 20.7. The van der Waals surface area contributed by atoms with Crippen LogP contribution in [0.4, 0.5) is 0 Å². The van der Waals surface area contributed by atoms with Crippen molar-refractivity contribution in [2.75, 3.05) is 18.6 Å². The van der Waals surface area contributed by atoms with Crippen molar-refractivity contribution in [1.82, 2.24) is 0 Å². The maximum absolute atomic E-state index is 12.0. The Bertz CT molecular complexity index is 1210. The molecule has 0 aliphatic heterocycles. The largest absolute Gasteiger partial charge is 0.508 e. The summed E-state index contributed by atoms with van der Waals surface area (Å²) in [7, 11) is -3.57. The second-order valence-corrected chi connectivity index (χ2v) is 10.1. The van der Waals surface area contributed by atoms with Gasteiger partial charge in [-0.25, -0.2) is 0 Å². The van der Waals surface area contributed by atoms with Crippen LogP contribution in [0.25, 0.3) is 0 Å². The average molecular weight is 517 g/mol. The number of hydrogen-bond acceptors (Lipinski definition) is 7. The second kappa shape index (κ2) is 12.0. The Labute approximate surface area is 210 Å². The van der Waals surface area contributed by atoms with Crippen LogP contribution in [0.15, 0.2) is 72.8 Å². The smallest absolute Gasteiger partial charge is 0.307 e. The molecule has 0 heterocycles. The van der Waals surface area contributed by atoms with Gasteiger partial charge >= 0.3 is 16.1 Å². The van der Waals surface area contributed by atoms with Crippen molar-refractivity contribution < 1.29 is 32.3 Å². The molecule has 0 radical (unpaired) electrons. The third-order valence-corrected chi connectivity index (χ3v) is 6.42. The van der Waals surface area contributed by atoms with Crippen molar-refractivity contribution in [1.29, 1.82) is 0 Å². The molecule has 0 aromatic heterocycles. The van der Waals surface area contributed by atoms with E-state index in [1.807, 2.05) is 24.3 Å². The Hall–Kier alpha value is -3.17. The lowest BCUT2D eigenvalue weighted by atomic mass is 9.83. The Morgan fingerprint density at radius 2 is 1.49 bits per heavy atom. The standard InChI is InChI=1S/C26H28O7S2/c1-35(30,31)33-23-12-10-22(11-13-23)32-15-14-18-2-4-19(5-3-18)16-24(26(28)29)25(17-34)20-6-8-21(27)9-7-20/h2-13,24-25,27,34H,14-17H2,1H3,(H,28,29). The minimum absolute atomic E-state index is 0.135. The molecule has 7 nitrogen and oxygen atoms in total. The van der Waals surface area contributed by atoms with Crippen molar-refractivity contribution in [3.63, 3.8) is 0 Å². The Morgan fingerprint density at radius 3 is 2.03 bits per heavy atom. The number of phenols is 1. The van der Waals surface area contributed by atoms with E-state index in [-0.39, 0.29) is 17.4 Å². The zero-order chi connectivity index (χ0) is 25.4. The first kappa shape index (κ1) is 26.4. The topological polar surface area (TPSA) is 110 Å². The SMILES string of the molecule is CS(=O)(=O)Oc1ccc(OCCc2ccc(CC(C(=O)O)C(CS)c3ccc(O)cc3)cc2)cc1. The van der Waals surface area contributed by atoms with Gasteiger partial charge in [0.25, 0.3) is 0 Å². The third kappa shape index (κ3) is 8.22. The van der Waals surface area contributed by atoms with E-state index < -0.39 is 22.0 Å². The number of benzene rings is 3. The van der Waals surface area contributed by atoms with Gasteiger partial charge in [0, 0.05) is 12.3 Å². The van der Waals surface area contributed by atoms with E-state index in [1.165, 1.54) is 12.1 Å². The Kier molecular flexibility index (Phi) is 9.06. The summed E-state index contributed by atoms with van der Waals surface area (Å²) in [6.07, 6.45) is 2.00. The molecule has 0 aliphatic carbocycles. The minimum Gasteiger partial charge on any atom is -0.508 e. The fourth-order valence-corrected chi connectivity index (χ4v) is 4.66. The fraction of sp³-hybridized carbons (Fsp3) is 0.269. The predicted molar refractivity (Wildman–Crippen MR) is 137 cm³/mol. The number of carbonyl (C=O) groups is 1. The molecule has 35 heavy (non-hydrogen) atoms. The molecule has 0 saturated carbocycles. The fourth-order valence-electron chi connectivity index (χ4n) is 3.74. The molecule has 0 bridgehead atoms. The van der Waals surface area contributed by atoms with Crippen LogP contribution in [0, 0.1) is 5.92 Å². The van der Waals surface area contributed by atoms with Gasteiger partial charge in [-0.3, -0.25) is 4.79 Å². The number of carboxylic acids is 1. The maximum Gasteiger partial charge on any atom is 0.307 e. The van der Waals surface area contributed by atoms with Crippen LogP contribution in [0.1, 0.15) is 22.6 Å². The van der Waals surface area contributed by atoms with Gasteiger partial charge in [0.2, 0.25) is 0 Å². The number of aliphatic carboxylic acids is 1. The summed E-state index contributed by atoms with van der Waals surface area (Å²) < 4.78 is 32.8. The number of ether oxygens (including phenoxy) is 1. The molecule has 2 N–H and O–H groups in total. The third-order valence-electron chi connectivity index (χ3n) is 5.53. The zero-order valence-corrected chi connectivity index (χ0v) is 20.9. The molecule has 3 aromatic rings. The number of rotatable bonds is 12. The highest BCUT2D eigenvalue weighted by Crippen LogP contribution is 2.30. The second-order valence-electron chi connectivity index (χ2n) is 8.20. The molecule has 0 fully saturated rings. The highest BCUT2D eigenvalue weighted by Gasteiger charge is 2.28. The first-order chi connectivity index (χ1) is 16.6. The van der Waals surface area contributed by atoms with Crippen LogP contribution in [-0.2, 0) is 27.8 Å². The minimum atomic E-state index is -3.57. The molecule has 0 saturated heterocycles. The van der Waals surface area contributed by atoms with Gasteiger partial charge in [0.05, 0.1) is 18.8 Å². The van der Waals surface area contributed by atoms with Crippen LogP contribution >= 0.6 is 12.6 Å². The van der Waals surface area contributed by atoms with Crippen molar-refractivity contribution in [2.24, 2.45) is 5.92 Å². The summed E-state index contributed by atoms with van der Waals surface area (Å²) >= 11 is 4.39. The average Bonchev–Trinajstić information content (AvgIpc) is 2.81. The van der Waals surface area contributed by atoms with Gasteiger partial charge in [-0.15, -0.1) is 0 Å². The van der Waals surface area contributed by atoms with Crippen LogP contribution in [0.2, 0.25) is 0 Å². The summed E-state index contributed by atoms with van der Waals surface area (Å²) in [5.41, 5.74) is 2.78. The van der Waals surface area contributed by atoms with Crippen molar-refractivity contribution in [2.45, 2.75) is 18.8 Å². The van der Waals surface area contributed by atoms with E-state index in [0.717, 1.165) is 22.9 Å². The molecule has 0 aliphatic rings. The quantitative estimate of drug-likeness (QED) is 0.243. The first-order valence-electron chi connectivity index (χ1n) is 11.0. The van der Waals surface area contributed by atoms with E-state index >= 15 is 0 Å². The molecule has 9 heteroatoms. The Morgan fingerprint density at radius 1 is 0.914 bits per heavy atom. The monoisotopic (exact) mass is 516 g/mol. The van der Waals surface area contributed by atoms with E-state index in [1.54, 1.807) is 36.4 Å². The van der Waals surface area contributed by atoms with Gasteiger partial charge in [-0.05, 0) is 65.3 Å². The summed E-state index contributed by atoms with van der Waals surface area (Å²) in [4.78, 5) is 12.0. The lowest BCUT2D eigenvalue weighted by Crippen LogP contribution is -2.25. The lowest BCUT2D eigenvalue weighted by Gasteiger charge is -2.23. The summed E-state index contributed by atoms with van der Waals surface area (Å²) in [5.74, 6) is -0.504. The maximum atomic E-state index is 12.0. The Balaban J connectivity index is 1.56. The van der Waals surface area contributed by atoms with Crippen molar-refractivity contribution >= 4 is 28.7 Å². The van der Waals surface area contributed by atoms with Gasteiger partial charge in [-0.2, -0.15) is 21.0 Å². The number of hydrogen-bond donors (Lipinski definition) is 3. The highest BCUT2D eigenvalue weighted by molar-refractivity contribution is 7.86. The zero-order valence-electron chi connectivity index (χ0n) is 19.2. The van der Waals surface area contributed by atoms with Gasteiger partial charge in [-0.1, -0.05) is 36.4 Å². The molecular formula is C26H28O7S2. The summed E-state index contributed by atoms with van der Waals surface area (Å²) in [5, 5.41) is 19.4. The van der Waals surface area contributed by atoms with Crippen molar-refractivity contribution in [3.8, 4) is 17.2 Å². The molecule has 0 amide bonds. The molecule has 186 valence electrons. The molecule has 2 atom stereocenters. The van der Waals surface area contributed by atoms with E-state index in [4.69, 9.17) is 8.92 Å². The summed E-state index contributed by atoms with van der Waals surface area (Å²) in [6.45, 7) is 0.423. The number of phenolic OH excluding ortho intramolecular Hbond substituents is 1. The molecule has 0 spiro atoms. The highest BCUT2D eigenvalue weighted by atomic mass is 32.2. The van der Waals surface area contributed by atoms with E-state index in [0.29, 0.717) is 31.0 Å². The normalized spacial score (nSPS) is 13.1. The van der Waals surface area contributed by atoms with E-state index in [2.05, 4.69) is 12.6 Å². The number of aromatic hydroxyl groups is 1. The molecule has 2 unspecified atom stereocenters. The van der Waals surface area contributed by atoms with Crippen LogP contribution in [0.5, 0.6) is 17.2 Å². The van der Waals surface area contributed by atoms with Gasteiger partial charge in [0.1, 0.15) is 17.2 Å². The van der Waals surface area contributed by atoms with Crippen LogP contribution in [0.3, 0.4) is 0 Å². The first-order valence-corrected chi connectivity index (χ1v) is 13.4. The lowest BCUT2D eigenvalue weighted by molar-refractivity contribution is -0.142. The molecule has 3 rings (SSSR count). The van der Waals surface area contributed by atoms with Gasteiger partial charge < -0.3 is 19.1 Å². The molecule has 3 aromatic carbocycles. The van der Waals surface area contributed by atoms with Crippen molar-refractivity contribution in [3.05, 3.63) is 89.5 Å². The van der Waals surface area contributed by atoms with Gasteiger partial charge in [0.15, 0.2) is 0 Å². The number of thiol groups is 1. The van der Waals surface area contributed by atoms with Crippen LogP contribution < -0.4 is 8.92 Å².